The van der Waals surface area contributed by atoms with E-state index in [9.17, 15) is 13.2 Å². The largest absolute Gasteiger partial charge is 0.404 e. The van der Waals surface area contributed by atoms with Crippen molar-refractivity contribution in [3.05, 3.63) is 82.3 Å². The number of piperazine rings is 1. The molecule has 1 aromatic heterocycles. The van der Waals surface area contributed by atoms with Crippen LogP contribution in [0.3, 0.4) is 0 Å². The third-order valence-electron chi connectivity index (χ3n) is 6.23. The van der Waals surface area contributed by atoms with Gasteiger partial charge in [-0.3, -0.25) is 9.69 Å². The van der Waals surface area contributed by atoms with Crippen LogP contribution in [0, 0.1) is 17.7 Å². The zero-order valence-corrected chi connectivity index (χ0v) is 24.5. The van der Waals surface area contributed by atoms with Crippen molar-refractivity contribution >= 4 is 27.5 Å². The molecule has 0 atom stereocenters. The van der Waals surface area contributed by atoms with Crippen molar-refractivity contribution < 1.29 is 17.6 Å². The number of benzene rings is 1. The van der Waals surface area contributed by atoms with E-state index < -0.39 is 21.7 Å². The molecule has 13 heteroatoms. The maximum Gasteiger partial charge on any atom is 0.258 e. The fourth-order valence-corrected chi connectivity index (χ4v) is 4.90. The van der Waals surface area contributed by atoms with Crippen molar-refractivity contribution in [2.45, 2.75) is 13.3 Å². The minimum Gasteiger partial charge on any atom is -0.404 e. The minimum atomic E-state index is -3.27. The number of hydrogen-bond acceptors (Lipinski definition) is 8. The van der Waals surface area contributed by atoms with E-state index in [0.29, 0.717) is 72.9 Å². The van der Waals surface area contributed by atoms with Crippen LogP contribution >= 0.6 is 11.6 Å². The number of nitrogens with zero attached hydrogens (tertiary/aromatic N) is 4. The molecule has 0 spiro atoms. The third-order valence-corrected chi connectivity index (χ3v) is 7.26. The van der Waals surface area contributed by atoms with Crippen molar-refractivity contribution in [1.82, 2.24) is 24.5 Å². The highest BCUT2D eigenvalue weighted by Crippen LogP contribution is 2.31. The Bertz CT molecular complexity index is 1520. The first-order valence-electron chi connectivity index (χ1n) is 12.8. The summed E-state index contributed by atoms with van der Waals surface area (Å²) >= 11 is 6.49. The van der Waals surface area contributed by atoms with Crippen molar-refractivity contribution in [2.24, 2.45) is 11.5 Å². The first-order chi connectivity index (χ1) is 19.4. The Kier molecular flexibility index (Phi) is 11.0. The highest BCUT2D eigenvalue weighted by molar-refractivity contribution is 7.88. The van der Waals surface area contributed by atoms with Crippen LogP contribution in [0.5, 0.6) is 0 Å². The molecule has 0 saturated carbocycles. The van der Waals surface area contributed by atoms with Gasteiger partial charge in [0.05, 0.1) is 33.8 Å². The van der Waals surface area contributed by atoms with Crippen LogP contribution in [0.4, 0.5) is 4.39 Å². The summed E-state index contributed by atoms with van der Waals surface area (Å²) in [7, 11) is -3.27. The monoisotopic (exact) mass is 601 g/mol. The lowest BCUT2D eigenvalue weighted by atomic mass is 10.0. The lowest BCUT2D eigenvalue weighted by molar-refractivity contribution is 0.0636. The van der Waals surface area contributed by atoms with E-state index in [1.807, 2.05) is 11.8 Å². The van der Waals surface area contributed by atoms with Crippen LogP contribution in [-0.2, 0) is 16.4 Å². The molecule has 1 aliphatic heterocycles. The summed E-state index contributed by atoms with van der Waals surface area (Å²) in [4.78, 5) is 25.4. The summed E-state index contributed by atoms with van der Waals surface area (Å²) in [5, 5.41) is -0.0488. The molecule has 1 aromatic carbocycles. The second kappa shape index (κ2) is 14.2. The van der Waals surface area contributed by atoms with Gasteiger partial charge in [-0.1, -0.05) is 36.9 Å². The average Bonchev–Trinajstić information content (AvgIpc) is 2.92. The lowest BCUT2D eigenvalue weighted by Crippen LogP contribution is -2.50. The van der Waals surface area contributed by atoms with E-state index >= 15 is 4.39 Å². The number of aryl methyl sites for hydroxylation is 1. The van der Waals surface area contributed by atoms with Gasteiger partial charge < -0.3 is 16.4 Å². The molecule has 0 bridgehead atoms. The number of hydrogen-bond donors (Lipinski definition) is 3. The van der Waals surface area contributed by atoms with E-state index in [0.717, 1.165) is 6.26 Å². The molecule has 5 N–H and O–H groups in total. The van der Waals surface area contributed by atoms with Gasteiger partial charge in [0.1, 0.15) is 12.1 Å². The third kappa shape index (κ3) is 8.86. The van der Waals surface area contributed by atoms with Crippen molar-refractivity contribution in [3.63, 3.8) is 0 Å². The van der Waals surface area contributed by atoms with Gasteiger partial charge in [0.25, 0.3) is 5.91 Å². The summed E-state index contributed by atoms with van der Waals surface area (Å²) in [5.41, 5.74) is 13.7. The van der Waals surface area contributed by atoms with Crippen LogP contribution in [0.2, 0.25) is 5.02 Å². The molecule has 1 amide bonds. The summed E-state index contributed by atoms with van der Waals surface area (Å²) in [6, 6.07) is 2.72. The van der Waals surface area contributed by atoms with Crippen LogP contribution in [-0.4, -0.2) is 79.6 Å². The van der Waals surface area contributed by atoms with Gasteiger partial charge in [0.15, 0.2) is 0 Å². The van der Waals surface area contributed by atoms with Gasteiger partial charge in [-0.2, -0.15) is 0 Å². The molecule has 1 saturated heterocycles. The molecule has 0 aliphatic carbocycles. The average molecular weight is 602 g/mol. The zero-order chi connectivity index (χ0) is 30.2. The molecule has 3 rings (SSSR count). The van der Waals surface area contributed by atoms with Crippen LogP contribution in [0.1, 0.15) is 28.5 Å². The Balaban J connectivity index is 1.84. The molecule has 1 fully saturated rings. The Labute approximate surface area is 245 Å². The molecule has 0 radical (unpaired) electrons. The number of nitrogens with two attached hydrogens (primary N) is 2. The first kappa shape index (κ1) is 31.8. The Morgan fingerprint density at radius 2 is 1.95 bits per heavy atom. The van der Waals surface area contributed by atoms with E-state index in [-0.39, 0.29) is 17.1 Å². The highest BCUT2D eigenvalue weighted by atomic mass is 35.5. The number of amides is 1. The molecule has 41 heavy (non-hydrogen) atoms. The number of carbonyl (C=O) groups is 1. The predicted molar refractivity (Wildman–Crippen MR) is 159 cm³/mol. The minimum absolute atomic E-state index is 0.0488. The maximum absolute atomic E-state index is 15.5. The summed E-state index contributed by atoms with van der Waals surface area (Å²) < 4.78 is 40.4. The number of halogens is 2. The summed E-state index contributed by atoms with van der Waals surface area (Å²) in [6.45, 7) is 8.03. The molecular weight excluding hydrogens is 569 g/mol. The molecule has 1 aliphatic rings. The maximum atomic E-state index is 15.5. The number of rotatable bonds is 9. The van der Waals surface area contributed by atoms with Gasteiger partial charge >= 0.3 is 0 Å². The van der Waals surface area contributed by atoms with E-state index in [1.54, 1.807) is 12.2 Å². The number of nitrogens with one attached hydrogen (secondary N) is 1. The van der Waals surface area contributed by atoms with Crippen LogP contribution in [0.15, 0.2) is 54.7 Å². The fraction of sp³-hybridized carbons (Fsp3) is 0.321. The number of allylic oxidation sites excluding steroid dienone is 3. The van der Waals surface area contributed by atoms with Gasteiger partial charge in [-0.05, 0) is 30.7 Å². The fourth-order valence-electron chi connectivity index (χ4n) is 4.15. The van der Waals surface area contributed by atoms with Gasteiger partial charge in [-0.25, -0.2) is 27.5 Å². The lowest BCUT2D eigenvalue weighted by Gasteiger charge is -2.35. The molecule has 218 valence electrons. The molecule has 10 nitrogen and oxygen atoms in total. The normalized spacial score (nSPS) is 14.6. The van der Waals surface area contributed by atoms with Crippen molar-refractivity contribution in [3.8, 4) is 23.1 Å². The standard InChI is InChI=1S/C28H33ClFN7O3S/c1-4-25-22(8-7-20(17-31)6-5-19(2)32)27(34-18-33-25)21-15-23(29)26(24(30)16-21)28(38)37-13-11-36(12-14-37)10-9-35-41(3,39)40/h5-6,15-18,35H,2,4,9-14,31-32H2,1,3H3/b6-5-,20-17+. The van der Waals surface area contributed by atoms with Crippen molar-refractivity contribution in [1.29, 1.82) is 0 Å². The molecule has 0 unspecified atom stereocenters. The number of aromatic nitrogens is 2. The second-order valence-corrected chi connectivity index (χ2v) is 11.5. The van der Waals surface area contributed by atoms with Crippen molar-refractivity contribution in [2.75, 3.05) is 45.5 Å². The summed E-state index contributed by atoms with van der Waals surface area (Å²) in [6.07, 6.45) is 7.52. The Morgan fingerprint density at radius 1 is 1.24 bits per heavy atom. The number of sulfonamides is 1. The predicted octanol–water partition coefficient (Wildman–Crippen LogP) is 2.03. The van der Waals surface area contributed by atoms with Gasteiger partial charge in [-0.15, -0.1) is 0 Å². The van der Waals surface area contributed by atoms with Gasteiger partial charge in [0, 0.05) is 62.3 Å². The Morgan fingerprint density at radius 3 is 2.54 bits per heavy atom. The van der Waals surface area contributed by atoms with Crippen LogP contribution in [0.25, 0.3) is 11.3 Å². The quantitative estimate of drug-likeness (QED) is 0.292. The summed E-state index contributed by atoms with van der Waals surface area (Å²) in [5.74, 6) is 4.69. The van der Waals surface area contributed by atoms with Gasteiger partial charge in [0.2, 0.25) is 10.0 Å². The first-order valence-corrected chi connectivity index (χ1v) is 15.1. The van der Waals surface area contributed by atoms with E-state index in [4.69, 9.17) is 23.1 Å². The molecule has 2 heterocycles. The van der Waals surface area contributed by atoms with E-state index in [2.05, 4.69) is 33.1 Å². The zero-order valence-electron chi connectivity index (χ0n) is 23.0. The SMILES string of the molecule is C=C(N)/C=C\C(C#Cc1c(CC)ncnc1-c1cc(F)c(C(=O)N2CCN(CCNS(C)(=O)=O)CC2)c(Cl)c1)=C/N. The smallest absolute Gasteiger partial charge is 0.258 e. The second-order valence-electron chi connectivity index (χ2n) is 9.29. The topological polar surface area (TPSA) is 148 Å². The molecule has 2 aromatic rings. The van der Waals surface area contributed by atoms with E-state index in [1.165, 1.54) is 29.6 Å². The Hall–Kier alpha value is -3.76. The molecular formula is C28H33ClFN7O3S. The number of carbonyl (C=O) groups excluding carboxylic acids is 1. The highest BCUT2D eigenvalue weighted by Gasteiger charge is 2.27. The van der Waals surface area contributed by atoms with Crippen LogP contribution < -0.4 is 16.2 Å².